The highest BCUT2D eigenvalue weighted by Gasteiger charge is 2.31. The van der Waals surface area contributed by atoms with E-state index >= 15 is 0 Å². The third-order valence-electron chi connectivity index (χ3n) is 4.08. The summed E-state index contributed by atoms with van der Waals surface area (Å²) in [5.74, 6) is -0.298. The molecule has 0 bridgehead atoms. The van der Waals surface area contributed by atoms with E-state index in [1.165, 1.54) is 24.3 Å². The maximum atomic E-state index is 12.4. The fraction of sp³-hybridized carbons (Fsp3) is 0.556. The van der Waals surface area contributed by atoms with Crippen LogP contribution in [0.3, 0.4) is 0 Å². The van der Waals surface area contributed by atoms with Gasteiger partial charge in [0.1, 0.15) is 5.60 Å². The van der Waals surface area contributed by atoms with Crippen LogP contribution in [0.15, 0.2) is 29.2 Å². The number of rotatable bonds is 4. The number of alkyl carbamates (subject to hydrolysis) is 1. The van der Waals surface area contributed by atoms with Crippen molar-refractivity contribution in [3.8, 4) is 0 Å². The Bertz CT molecular complexity index is 766. The molecule has 0 heterocycles. The van der Waals surface area contributed by atoms with E-state index in [4.69, 9.17) is 4.74 Å². The largest absolute Gasteiger partial charge is 0.444 e. The lowest BCUT2D eigenvalue weighted by Gasteiger charge is -2.25. The second-order valence-corrected chi connectivity index (χ2v) is 9.58. The van der Waals surface area contributed by atoms with Crippen molar-refractivity contribution in [1.29, 1.82) is 0 Å². The van der Waals surface area contributed by atoms with Gasteiger partial charge in [0.2, 0.25) is 0 Å². The number of benzene rings is 1. The lowest BCUT2D eigenvalue weighted by Crippen LogP contribution is -2.49. The average Bonchev–Trinajstić information content (AvgIpc) is 2.91. The summed E-state index contributed by atoms with van der Waals surface area (Å²) in [6, 6.07) is 5.41. The molecule has 2 N–H and O–H groups in total. The molecule has 1 aliphatic carbocycles. The van der Waals surface area contributed by atoms with Crippen molar-refractivity contribution < 1.29 is 22.7 Å². The molecule has 1 aliphatic rings. The molecule has 2 atom stereocenters. The monoisotopic (exact) mass is 382 g/mol. The van der Waals surface area contributed by atoms with Gasteiger partial charge in [-0.1, -0.05) is 0 Å². The van der Waals surface area contributed by atoms with Crippen LogP contribution in [-0.2, 0) is 14.6 Å². The van der Waals surface area contributed by atoms with Crippen LogP contribution in [0.5, 0.6) is 0 Å². The molecule has 1 fully saturated rings. The van der Waals surface area contributed by atoms with Crippen molar-refractivity contribution in [2.75, 3.05) is 6.26 Å². The Kier molecular flexibility index (Phi) is 5.95. The number of ether oxygens (including phenoxy) is 1. The molecule has 1 aromatic rings. The smallest absolute Gasteiger partial charge is 0.407 e. The molecule has 0 spiro atoms. The molecule has 1 aromatic carbocycles. The number of hydrogen-bond acceptors (Lipinski definition) is 5. The molecule has 0 aromatic heterocycles. The van der Waals surface area contributed by atoms with Gasteiger partial charge in [-0.05, 0) is 64.3 Å². The first kappa shape index (κ1) is 20.2. The second kappa shape index (κ2) is 7.65. The molecule has 8 heteroatoms. The molecule has 2 rings (SSSR count). The summed E-state index contributed by atoms with van der Waals surface area (Å²) >= 11 is 0. The Labute approximate surface area is 154 Å². The highest BCUT2D eigenvalue weighted by molar-refractivity contribution is 7.90. The highest BCUT2D eigenvalue weighted by atomic mass is 32.2. The zero-order valence-corrected chi connectivity index (χ0v) is 16.4. The predicted octanol–water partition coefficient (Wildman–Crippen LogP) is 2.27. The normalized spacial score (nSPS) is 20.5. The Morgan fingerprint density at radius 3 is 2.08 bits per heavy atom. The number of carbonyl (C=O) groups excluding carboxylic acids is 2. The summed E-state index contributed by atoms with van der Waals surface area (Å²) in [5, 5.41) is 5.73. The van der Waals surface area contributed by atoms with E-state index in [0.717, 1.165) is 25.5 Å². The van der Waals surface area contributed by atoms with Crippen molar-refractivity contribution in [2.24, 2.45) is 0 Å². The van der Waals surface area contributed by atoms with Gasteiger partial charge in [0.25, 0.3) is 5.91 Å². The van der Waals surface area contributed by atoms with Crippen LogP contribution in [0.4, 0.5) is 4.79 Å². The summed E-state index contributed by atoms with van der Waals surface area (Å²) in [7, 11) is -3.30. The standard InChI is InChI=1S/C18H26N2O5S/c1-18(2,3)25-17(22)20-15-7-5-6-14(15)19-16(21)12-8-10-13(11-9-12)26(4,23)24/h8-11,14-15H,5-7H2,1-4H3,(H,19,21)(H,20,22). The number of amides is 2. The fourth-order valence-corrected chi connectivity index (χ4v) is 3.50. The molecule has 0 saturated heterocycles. The Hall–Kier alpha value is -2.09. The maximum Gasteiger partial charge on any atom is 0.407 e. The second-order valence-electron chi connectivity index (χ2n) is 7.56. The SMILES string of the molecule is CC(C)(C)OC(=O)NC1CCCC1NC(=O)c1ccc(S(C)(=O)=O)cc1. The van der Waals surface area contributed by atoms with E-state index in [2.05, 4.69) is 10.6 Å². The molecule has 2 amide bonds. The summed E-state index contributed by atoms with van der Waals surface area (Å²) in [6.45, 7) is 5.38. The van der Waals surface area contributed by atoms with Crippen molar-refractivity contribution in [3.05, 3.63) is 29.8 Å². The van der Waals surface area contributed by atoms with Gasteiger partial charge in [0.05, 0.1) is 10.9 Å². The van der Waals surface area contributed by atoms with Crippen LogP contribution < -0.4 is 10.6 Å². The maximum absolute atomic E-state index is 12.4. The summed E-state index contributed by atoms with van der Waals surface area (Å²) in [5.41, 5.74) is -0.205. The molecule has 7 nitrogen and oxygen atoms in total. The van der Waals surface area contributed by atoms with Gasteiger partial charge < -0.3 is 15.4 Å². The molecule has 144 valence electrons. The van der Waals surface area contributed by atoms with E-state index in [-0.39, 0.29) is 22.9 Å². The minimum absolute atomic E-state index is 0.166. The van der Waals surface area contributed by atoms with Gasteiger partial charge in [-0.25, -0.2) is 13.2 Å². The third kappa shape index (κ3) is 5.72. The van der Waals surface area contributed by atoms with Gasteiger partial charge in [0.15, 0.2) is 9.84 Å². The minimum Gasteiger partial charge on any atom is -0.444 e. The van der Waals surface area contributed by atoms with Crippen LogP contribution in [-0.4, -0.2) is 44.4 Å². The number of sulfone groups is 1. The predicted molar refractivity (Wildman–Crippen MR) is 97.8 cm³/mol. The molecule has 0 aliphatic heterocycles. The van der Waals surface area contributed by atoms with Gasteiger partial charge in [-0.15, -0.1) is 0 Å². The van der Waals surface area contributed by atoms with E-state index in [1.54, 1.807) is 20.8 Å². The van der Waals surface area contributed by atoms with Gasteiger partial charge in [-0.3, -0.25) is 4.79 Å². The van der Waals surface area contributed by atoms with Crippen LogP contribution in [0, 0.1) is 0 Å². The molecule has 1 saturated carbocycles. The van der Waals surface area contributed by atoms with Gasteiger partial charge in [-0.2, -0.15) is 0 Å². The molecule has 0 radical (unpaired) electrons. The first-order chi connectivity index (χ1) is 12.0. The number of carbonyl (C=O) groups is 2. The minimum atomic E-state index is -3.30. The molecule has 2 unspecified atom stereocenters. The highest BCUT2D eigenvalue weighted by Crippen LogP contribution is 2.21. The van der Waals surface area contributed by atoms with Crippen molar-refractivity contribution in [1.82, 2.24) is 10.6 Å². The van der Waals surface area contributed by atoms with E-state index < -0.39 is 21.5 Å². The van der Waals surface area contributed by atoms with Crippen molar-refractivity contribution in [2.45, 2.75) is 62.6 Å². The topological polar surface area (TPSA) is 102 Å². The third-order valence-corrected chi connectivity index (χ3v) is 5.21. The van der Waals surface area contributed by atoms with E-state index in [9.17, 15) is 18.0 Å². The lowest BCUT2D eigenvalue weighted by atomic mass is 10.1. The summed E-state index contributed by atoms with van der Waals surface area (Å²) in [6.07, 6.45) is 3.03. The first-order valence-electron chi connectivity index (χ1n) is 8.56. The quantitative estimate of drug-likeness (QED) is 0.832. The Balaban J connectivity index is 1.98. The molecular weight excluding hydrogens is 356 g/mol. The lowest BCUT2D eigenvalue weighted by molar-refractivity contribution is 0.0495. The number of nitrogens with one attached hydrogen (secondary N) is 2. The van der Waals surface area contributed by atoms with E-state index in [1.807, 2.05) is 0 Å². The molecule has 26 heavy (non-hydrogen) atoms. The zero-order chi connectivity index (χ0) is 19.5. The van der Waals surface area contributed by atoms with Crippen LogP contribution in [0.1, 0.15) is 50.4 Å². The fourth-order valence-electron chi connectivity index (χ4n) is 2.87. The average molecular weight is 382 g/mol. The first-order valence-corrected chi connectivity index (χ1v) is 10.5. The molecular formula is C18H26N2O5S. The van der Waals surface area contributed by atoms with Crippen LogP contribution in [0.2, 0.25) is 0 Å². The van der Waals surface area contributed by atoms with Crippen molar-refractivity contribution in [3.63, 3.8) is 0 Å². The van der Waals surface area contributed by atoms with E-state index in [0.29, 0.717) is 5.56 Å². The summed E-state index contributed by atoms with van der Waals surface area (Å²) < 4.78 is 28.2. The van der Waals surface area contributed by atoms with Gasteiger partial charge >= 0.3 is 6.09 Å². The number of hydrogen-bond donors (Lipinski definition) is 2. The van der Waals surface area contributed by atoms with Crippen LogP contribution >= 0.6 is 0 Å². The summed E-state index contributed by atoms with van der Waals surface area (Å²) in [4.78, 5) is 24.5. The van der Waals surface area contributed by atoms with Gasteiger partial charge in [0, 0.05) is 17.9 Å². The Morgan fingerprint density at radius 1 is 1.04 bits per heavy atom. The zero-order valence-electron chi connectivity index (χ0n) is 15.5. The van der Waals surface area contributed by atoms with Crippen LogP contribution in [0.25, 0.3) is 0 Å². The Morgan fingerprint density at radius 2 is 1.58 bits per heavy atom. The van der Waals surface area contributed by atoms with Crippen molar-refractivity contribution >= 4 is 21.8 Å².